The van der Waals surface area contributed by atoms with Crippen LogP contribution in [0.3, 0.4) is 0 Å². The second kappa shape index (κ2) is 3.19. The molecule has 0 aromatic carbocycles. The predicted molar refractivity (Wildman–Crippen MR) is 39.1 cm³/mol. The highest BCUT2D eigenvalue weighted by Crippen LogP contribution is 1.84. The predicted octanol–water partition coefficient (Wildman–Crippen LogP) is 0.457. The van der Waals surface area contributed by atoms with Crippen LogP contribution in [-0.2, 0) is 6.54 Å². The number of H-pyrrole nitrogens is 1. The fraction of sp³-hybridized carbons (Fsp3) is 0.200. The molecule has 0 bridgehead atoms. The van der Waals surface area contributed by atoms with E-state index in [1.54, 1.807) is 12.4 Å². The monoisotopic (exact) mass is 141 g/mol. The molecule has 4 heteroatoms. The van der Waals surface area contributed by atoms with E-state index in [0.29, 0.717) is 6.54 Å². The van der Waals surface area contributed by atoms with Crippen LogP contribution in [0.2, 0.25) is 0 Å². The number of hydrogen-bond donors (Lipinski definition) is 2. The third-order valence-corrected chi connectivity index (χ3v) is 1.07. The minimum Gasteiger partial charge on any atom is -0.375 e. The summed E-state index contributed by atoms with van der Waals surface area (Å²) in [6.45, 7) is 0.677. The highest BCUT2D eigenvalue weighted by Gasteiger charge is 1.87. The Morgan fingerprint density at radius 2 is 2.78 bits per heavy atom. The Kier molecular flexibility index (Phi) is 2.21. The van der Waals surface area contributed by atoms with Gasteiger partial charge in [-0.15, -0.1) is 0 Å². The van der Waals surface area contributed by atoms with Crippen LogP contribution in [0.25, 0.3) is 0 Å². The second-order valence-electron chi connectivity index (χ2n) is 1.53. The molecule has 2 N–H and O–H groups in total. The van der Waals surface area contributed by atoms with Crippen LogP contribution in [0.15, 0.2) is 12.4 Å². The Bertz CT molecular complexity index is 170. The molecule has 48 valence electrons. The molecule has 3 nitrogen and oxygen atoms in total. The molecular formula is C5H7N3S. The lowest BCUT2D eigenvalue weighted by molar-refractivity contribution is 0.866. The normalized spacial score (nSPS) is 8.89. The van der Waals surface area contributed by atoms with E-state index in [1.165, 1.54) is 5.49 Å². The fourth-order valence-electron chi connectivity index (χ4n) is 0.533. The highest BCUT2D eigenvalue weighted by molar-refractivity contribution is 7.78. The van der Waals surface area contributed by atoms with Crippen molar-refractivity contribution < 1.29 is 0 Å². The van der Waals surface area contributed by atoms with Gasteiger partial charge in [0.15, 0.2) is 0 Å². The van der Waals surface area contributed by atoms with Gasteiger partial charge in [-0.3, -0.25) is 0 Å². The van der Waals surface area contributed by atoms with E-state index in [2.05, 4.69) is 27.5 Å². The van der Waals surface area contributed by atoms with Crippen LogP contribution in [0.1, 0.15) is 5.82 Å². The number of aromatic amines is 1. The summed E-state index contributed by atoms with van der Waals surface area (Å²) in [5, 5.41) is 2.85. The molecule has 0 atom stereocenters. The summed E-state index contributed by atoms with van der Waals surface area (Å²) in [7, 11) is 0. The van der Waals surface area contributed by atoms with Crippen molar-refractivity contribution in [2.75, 3.05) is 0 Å². The third-order valence-electron chi connectivity index (χ3n) is 0.908. The summed E-state index contributed by atoms with van der Waals surface area (Å²) in [6, 6.07) is 0. The van der Waals surface area contributed by atoms with E-state index in [4.69, 9.17) is 0 Å². The minimum atomic E-state index is 0.677. The van der Waals surface area contributed by atoms with Gasteiger partial charge in [0.1, 0.15) is 5.82 Å². The van der Waals surface area contributed by atoms with Crippen molar-refractivity contribution in [3.05, 3.63) is 18.2 Å². The Morgan fingerprint density at radius 3 is 3.33 bits per heavy atom. The number of aromatic nitrogens is 2. The molecule has 1 heterocycles. The summed E-state index contributed by atoms with van der Waals surface area (Å²) in [6.07, 6.45) is 3.49. The molecule has 0 saturated carbocycles. The molecular weight excluding hydrogens is 134 g/mol. The third kappa shape index (κ3) is 1.81. The maximum atomic E-state index is 4.55. The van der Waals surface area contributed by atoms with Crippen LogP contribution < -0.4 is 5.32 Å². The summed E-state index contributed by atoms with van der Waals surface area (Å²) < 4.78 is 0. The number of hydrogen-bond acceptors (Lipinski definition) is 2. The molecule has 0 aliphatic carbocycles. The molecule has 0 fully saturated rings. The topological polar surface area (TPSA) is 40.7 Å². The molecule has 9 heavy (non-hydrogen) atoms. The van der Waals surface area contributed by atoms with Gasteiger partial charge in [0.25, 0.3) is 0 Å². The van der Waals surface area contributed by atoms with Crippen molar-refractivity contribution in [1.82, 2.24) is 15.3 Å². The first-order valence-electron chi connectivity index (χ1n) is 2.59. The summed E-state index contributed by atoms with van der Waals surface area (Å²) >= 11 is 4.55. The zero-order chi connectivity index (χ0) is 6.53. The van der Waals surface area contributed by atoms with Gasteiger partial charge < -0.3 is 10.3 Å². The van der Waals surface area contributed by atoms with Gasteiger partial charge in [0, 0.05) is 12.4 Å². The minimum absolute atomic E-state index is 0.677. The lowest BCUT2D eigenvalue weighted by Crippen LogP contribution is -2.09. The van der Waals surface area contributed by atoms with Crippen molar-refractivity contribution in [2.24, 2.45) is 0 Å². The average Bonchev–Trinajstić information content (AvgIpc) is 2.34. The summed E-state index contributed by atoms with van der Waals surface area (Å²) in [5.41, 5.74) is 1.47. The van der Waals surface area contributed by atoms with Gasteiger partial charge in [-0.05, 0) is 0 Å². The lowest BCUT2D eigenvalue weighted by atomic mass is 10.6. The average molecular weight is 141 g/mol. The van der Waals surface area contributed by atoms with Crippen molar-refractivity contribution >= 4 is 17.7 Å². The van der Waals surface area contributed by atoms with Crippen molar-refractivity contribution in [2.45, 2.75) is 6.54 Å². The first-order valence-corrected chi connectivity index (χ1v) is 3.06. The van der Waals surface area contributed by atoms with Gasteiger partial charge >= 0.3 is 0 Å². The first-order chi connectivity index (χ1) is 4.43. The highest BCUT2D eigenvalue weighted by atomic mass is 32.1. The Balaban J connectivity index is 2.38. The van der Waals surface area contributed by atoms with E-state index in [9.17, 15) is 0 Å². The maximum absolute atomic E-state index is 4.55. The molecule has 0 aliphatic heterocycles. The molecule has 0 spiro atoms. The summed E-state index contributed by atoms with van der Waals surface area (Å²) in [5.74, 6) is 0.899. The second-order valence-corrected chi connectivity index (χ2v) is 1.77. The molecule has 0 amide bonds. The smallest absolute Gasteiger partial charge is 0.125 e. The van der Waals surface area contributed by atoms with E-state index in [0.717, 1.165) is 5.82 Å². The van der Waals surface area contributed by atoms with E-state index in [-0.39, 0.29) is 0 Å². The Morgan fingerprint density at radius 1 is 1.89 bits per heavy atom. The van der Waals surface area contributed by atoms with Crippen LogP contribution in [-0.4, -0.2) is 15.5 Å². The number of nitrogens with zero attached hydrogens (tertiary/aromatic N) is 1. The van der Waals surface area contributed by atoms with Crippen LogP contribution >= 0.6 is 12.2 Å². The van der Waals surface area contributed by atoms with Gasteiger partial charge in [-0.1, -0.05) is 12.2 Å². The SMILES string of the molecule is S=CNCc1ncc[nH]1. The van der Waals surface area contributed by atoms with Gasteiger partial charge in [0.05, 0.1) is 12.0 Å². The standard InChI is InChI=1S/C5H7N3S/c9-4-6-3-5-7-1-2-8-5/h1-2,4H,3H2,(H,6,9)(H,7,8). The Hall–Kier alpha value is -0.900. The quantitative estimate of drug-likeness (QED) is 0.601. The van der Waals surface area contributed by atoms with E-state index in [1.807, 2.05) is 0 Å². The fourth-order valence-corrected chi connectivity index (χ4v) is 0.616. The van der Waals surface area contributed by atoms with Gasteiger partial charge in [-0.2, -0.15) is 0 Å². The maximum Gasteiger partial charge on any atom is 0.125 e. The van der Waals surface area contributed by atoms with Gasteiger partial charge in [0.2, 0.25) is 0 Å². The van der Waals surface area contributed by atoms with Crippen LogP contribution in [0.5, 0.6) is 0 Å². The van der Waals surface area contributed by atoms with E-state index >= 15 is 0 Å². The zero-order valence-electron chi connectivity index (χ0n) is 4.79. The van der Waals surface area contributed by atoms with Crippen LogP contribution in [0.4, 0.5) is 0 Å². The van der Waals surface area contributed by atoms with Crippen molar-refractivity contribution in [3.63, 3.8) is 0 Å². The molecule has 1 rings (SSSR count). The summed E-state index contributed by atoms with van der Waals surface area (Å²) in [4.78, 5) is 6.90. The molecule has 0 unspecified atom stereocenters. The molecule has 0 saturated heterocycles. The number of rotatable bonds is 3. The van der Waals surface area contributed by atoms with Crippen molar-refractivity contribution in [3.8, 4) is 0 Å². The molecule has 1 aromatic rings. The van der Waals surface area contributed by atoms with Crippen molar-refractivity contribution in [1.29, 1.82) is 0 Å². The van der Waals surface area contributed by atoms with Crippen LogP contribution in [0, 0.1) is 0 Å². The molecule has 1 aromatic heterocycles. The molecule has 0 aliphatic rings. The largest absolute Gasteiger partial charge is 0.375 e. The van der Waals surface area contributed by atoms with Gasteiger partial charge in [-0.25, -0.2) is 4.98 Å². The Labute approximate surface area is 58.5 Å². The lowest BCUT2D eigenvalue weighted by Gasteiger charge is -1.91. The zero-order valence-corrected chi connectivity index (χ0v) is 5.61. The number of nitrogens with one attached hydrogen (secondary N) is 2. The number of thiocarbonyl (C=S) groups is 1. The van der Waals surface area contributed by atoms with E-state index < -0.39 is 0 Å². The molecule has 0 radical (unpaired) electrons. The first kappa shape index (κ1) is 6.22. The number of imidazole rings is 1.